The third kappa shape index (κ3) is 3.55. The van der Waals surface area contributed by atoms with Gasteiger partial charge in [-0.25, -0.2) is 0 Å². The van der Waals surface area contributed by atoms with E-state index in [-0.39, 0.29) is 0 Å². The average Bonchev–Trinajstić information content (AvgIpc) is 3.16. The van der Waals surface area contributed by atoms with Crippen molar-refractivity contribution in [3.8, 4) is 17.0 Å². The molecule has 0 saturated heterocycles. The summed E-state index contributed by atoms with van der Waals surface area (Å²) < 4.78 is 0. The first kappa shape index (κ1) is 19.1. The fraction of sp³-hybridized carbons (Fsp3) is 0.200. The second kappa shape index (κ2) is 7.74. The zero-order valence-corrected chi connectivity index (χ0v) is 18.0. The molecule has 2 heterocycles. The summed E-state index contributed by atoms with van der Waals surface area (Å²) >= 11 is 1.84. The van der Waals surface area contributed by atoms with Gasteiger partial charge in [-0.05, 0) is 81.2 Å². The summed E-state index contributed by atoms with van der Waals surface area (Å²) in [6.45, 7) is 2.06. The molecular formula is C25H25N3OS. The molecule has 0 amide bonds. The van der Waals surface area contributed by atoms with E-state index in [0.717, 1.165) is 41.7 Å². The van der Waals surface area contributed by atoms with Crippen molar-refractivity contribution < 1.29 is 5.11 Å². The molecule has 5 rings (SSSR count). The molecule has 0 unspecified atom stereocenters. The lowest BCUT2D eigenvalue weighted by atomic mass is 10.1. The lowest BCUT2D eigenvalue weighted by molar-refractivity contribution is 0.402. The smallest absolute Gasteiger partial charge is 0.116 e. The molecule has 30 heavy (non-hydrogen) atoms. The Bertz CT molecular complexity index is 1210. The van der Waals surface area contributed by atoms with Gasteiger partial charge >= 0.3 is 0 Å². The number of fused-ring (bicyclic) bond motifs is 3. The van der Waals surface area contributed by atoms with E-state index in [2.05, 4.69) is 77.4 Å². The molecule has 0 bridgehead atoms. The number of benzene rings is 3. The molecule has 0 spiro atoms. The predicted molar refractivity (Wildman–Crippen MR) is 126 cm³/mol. The highest BCUT2D eigenvalue weighted by atomic mass is 32.2. The molecule has 4 nitrogen and oxygen atoms in total. The van der Waals surface area contributed by atoms with Gasteiger partial charge in [0.1, 0.15) is 5.75 Å². The van der Waals surface area contributed by atoms with E-state index in [4.69, 9.17) is 0 Å². The van der Waals surface area contributed by atoms with Gasteiger partial charge in [-0.1, -0.05) is 30.0 Å². The van der Waals surface area contributed by atoms with Gasteiger partial charge in [-0.15, -0.1) is 0 Å². The highest BCUT2D eigenvalue weighted by molar-refractivity contribution is 7.99. The first-order chi connectivity index (χ1) is 14.6. The Balaban J connectivity index is 1.52. The summed E-state index contributed by atoms with van der Waals surface area (Å²) in [6.07, 6.45) is 1.11. The largest absolute Gasteiger partial charge is 0.508 e. The molecule has 1 aromatic heterocycles. The predicted octanol–water partition coefficient (Wildman–Crippen LogP) is 6.09. The standard InChI is InChI=1S/C25H25N3OS/c1-27(2)12-5-13-28-22-6-3-4-7-24(22)30-25-16-17(8-11-23(25)28)21-15-18-14-19(29)9-10-20(18)26-21/h3-4,6-11,14-16,26,29H,5,12-13H2,1-2H3. The molecule has 1 aliphatic heterocycles. The molecule has 0 radical (unpaired) electrons. The maximum absolute atomic E-state index is 9.77. The van der Waals surface area contributed by atoms with Gasteiger partial charge in [0.25, 0.3) is 0 Å². The van der Waals surface area contributed by atoms with Crippen molar-refractivity contribution in [1.29, 1.82) is 0 Å². The van der Waals surface area contributed by atoms with Gasteiger partial charge in [-0.2, -0.15) is 0 Å². The van der Waals surface area contributed by atoms with Crippen molar-refractivity contribution >= 4 is 34.0 Å². The van der Waals surface area contributed by atoms with E-state index in [1.54, 1.807) is 12.1 Å². The number of nitrogens with zero attached hydrogens (tertiary/aromatic N) is 2. The number of aromatic nitrogens is 1. The molecule has 3 aromatic carbocycles. The van der Waals surface area contributed by atoms with Crippen LogP contribution in [0.1, 0.15) is 6.42 Å². The Morgan fingerprint density at radius 1 is 0.933 bits per heavy atom. The molecular weight excluding hydrogens is 390 g/mol. The van der Waals surface area contributed by atoms with E-state index in [9.17, 15) is 5.11 Å². The van der Waals surface area contributed by atoms with Crippen LogP contribution in [0.25, 0.3) is 22.2 Å². The molecule has 0 saturated carbocycles. The van der Waals surface area contributed by atoms with Crippen molar-refractivity contribution in [2.75, 3.05) is 32.1 Å². The van der Waals surface area contributed by atoms with E-state index < -0.39 is 0 Å². The molecule has 4 aromatic rings. The van der Waals surface area contributed by atoms with Crippen LogP contribution < -0.4 is 4.90 Å². The SMILES string of the molecule is CN(C)CCCN1c2ccccc2Sc2cc(-c3cc4cc(O)ccc4[nH]3)ccc21. The summed E-state index contributed by atoms with van der Waals surface area (Å²) in [7, 11) is 4.25. The number of aromatic amines is 1. The van der Waals surface area contributed by atoms with Crippen LogP contribution in [0.3, 0.4) is 0 Å². The summed E-state index contributed by atoms with van der Waals surface area (Å²) in [6, 6.07) is 22.9. The number of H-pyrrole nitrogens is 1. The minimum absolute atomic E-state index is 0.291. The van der Waals surface area contributed by atoms with Crippen LogP contribution in [0.4, 0.5) is 11.4 Å². The number of anilines is 2. The van der Waals surface area contributed by atoms with Crippen LogP contribution >= 0.6 is 11.8 Å². The quantitative estimate of drug-likeness (QED) is 0.414. The molecule has 0 atom stereocenters. The highest BCUT2D eigenvalue weighted by Gasteiger charge is 2.23. The third-order valence-corrected chi connectivity index (χ3v) is 6.64. The maximum atomic E-state index is 9.77. The lowest BCUT2D eigenvalue weighted by Crippen LogP contribution is -2.25. The Morgan fingerprint density at radius 3 is 2.63 bits per heavy atom. The maximum Gasteiger partial charge on any atom is 0.116 e. The fourth-order valence-electron chi connectivity index (χ4n) is 4.06. The molecule has 152 valence electrons. The van der Waals surface area contributed by atoms with Gasteiger partial charge in [0.2, 0.25) is 0 Å². The first-order valence-electron chi connectivity index (χ1n) is 10.2. The Labute approximate surface area is 181 Å². The number of phenols is 1. The first-order valence-corrected chi connectivity index (χ1v) is 11.1. The van der Waals surface area contributed by atoms with Crippen LogP contribution in [0.2, 0.25) is 0 Å². The van der Waals surface area contributed by atoms with E-state index in [1.165, 1.54) is 21.2 Å². The van der Waals surface area contributed by atoms with E-state index in [1.807, 2.05) is 17.8 Å². The van der Waals surface area contributed by atoms with Gasteiger partial charge in [0, 0.05) is 32.9 Å². The zero-order chi connectivity index (χ0) is 20.7. The number of para-hydroxylation sites is 1. The van der Waals surface area contributed by atoms with Crippen molar-refractivity contribution in [1.82, 2.24) is 9.88 Å². The number of aromatic hydroxyl groups is 1. The summed E-state index contributed by atoms with van der Waals surface area (Å²) in [5.74, 6) is 0.291. The van der Waals surface area contributed by atoms with Crippen LogP contribution in [0, 0.1) is 0 Å². The van der Waals surface area contributed by atoms with Crippen LogP contribution in [0.15, 0.2) is 76.5 Å². The van der Waals surface area contributed by atoms with Crippen molar-refractivity contribution in [3.63, 3.8) is 0 Å². The van der Waals surface area contributed by atoms with E-state index in [0.29, 0.717) is 5.75 Å². The molecule has 1 aliphatic rings. The molecule has 2 N–H and O–H groups in total. The molecule has 5 heteroatoms. The molecule has 0 fully saturated rings. The van der Waals surface area contributed by atoms with Crippen molar-refractivity contribution in [3.05, 3.63) is 66.7 Å². The number of hydrogen-bond acceptors (Lipinski definition) is 4. The number of phenolic OH excluding ortho intramolecular Hbond substituents is 1. The van der Waals surface area contributed by atoms with Crippen molar-refractivity contribution in [2.24, 2.45) is 0 Å². The zero-order valence-electron chi connectivity index (χ0n) is 17.2. The monoisotopic (exact) mass is 415 g/mol. The van der Waals surface area contributed by atoms with Gasteiger partial charge in [0.05, 0.1) is 11.4 Å². The average molecular weight is 416 g/mol. The second-order valence-corrected chi connectivity index (χ2v) is 9.10. The van der Waals surface area contributed by atoms with E-state index >= 15 is 0 Å². The number of nitrogens with one attached hydrogen (secondary N) is 1. The summed E-state index contributed by atoms with van der Waals surface area (Å²) in [4.78, 5) is 10.8. The Hall–Kier alpha value is -2.89. The summed E-state index contributed by atoms with van der Waals surface area (Å²) in [5.41, 5.74) is 5.82. The Kier molecular flexibility index (Phi) is 4.93. The normalized spacial score (nSPS) is 13.0. The molecule has 0 aliphatic carbocycles. The van der Waals surface area contributed by atoms with Crippen LogP contribution in [-0.4, -0.2) is 42.2 Å². The van der Waals surface area contributed by atoms with Crippen molar-refractivity contribution in [2.45, 2.75) is 16.2 Å². The minimum Gasteiger partial charge on any atom is -0.508 e. The Morgan fingerprint density at radius 2 is 1.77 bits per heavy atom. The van der Waals surface area contributed by atoms with Gasteiger partial charge in [0.15, 0.2) is 0 Å². The topological polar surface area (TPSA) is 42.5 Å². The van der Waals surface area contributed by atoms with Gasteiger partial charge in [-0.3, -0.25) is 0 Å². The lowest BCUT2D eigenvalue weighted by Gasteiger charge is -2.33. The fourth-order valence-corrected chi connectivity index (χ4v) is 5.20. The minimum atomic E-state index is 0.291. The highest BCUT2D eigenvalue weighted by Crippen LogP contribution is 2.49. The van der Waals surface area contributed by atoms with Crippen LogP contribution in [0.5, 0.6) is 5.75 Å². The van der Waals surface area contributed by atoms with Crippen LogP contribution in [-0.2, 0) is 0 Å². The van der Waals surface area contributed by atoms with Gasteiger partial charge < -0.3 is 19.9 Å². The number of rotatable bonds is 5. The number of hydrogen-bond donors (Lipinski definition) is 2. The second-order valence-electron chi connectivity index (χ2n) is 8.02. The third-order valence-electron chi connectivity index (χ3n) is 5.53. The summed E-state index contributed by atoms with van der Waals surface area (Å²) in [5, 5.41) is 10.8.